The van der Waals surface area contributed by atoms with Crippen LogP contribution < -0.4 is 10.1 Å². The van der Waals surface area contributed by atoms with E-state index in [1.807, 2.05) is 22.9 Å². The molecule has 0 aliphatic carbocycles. The van der Waals surface area contributed by atoms with E-state index in [9.17, 15) is 4.39 Å². The van der Waals surface area contributed by atoms with Crippen LogP contribution >= 0.6 is 11.3 Å². The summed E-state index contributed by atoms with van der Waals surface area (Å²) in [6.07, 6.45) is 1.96. The number of benzene rings is 1. The van der Waals surface area contributed by atoms with Crippen LogP contribution in [0.1, 0.15) is 18.2 Å². The predicted molar refractivity (Wildman–Crippen MR) is 81.7 cm³/mol. The molecule has 0 atom stereocenters. The number of aromatic nitrogens is 2. The van der Waals surface area contributed by atoms with Crippen LogP contribution in [0.15, 0.2) is 29.8 Å². The van der Waals surface area contributed by atoms with Gasteiger partial charge in [0, 0.05) is 24.2 Å². The van der Waals surface area contributed by atoms with Crippen molar-refractivity contribution in [3.05, 3.63) is 46.9 Å². The molecule has 2 aromatic heterocycles. The number of fused-ring (bicyclic) bond motifs is 1. The Hall–Kier alpha value is -1.92. The normalized spacial score (nSPS) is 11.2. The van der Waals surface area contributed by atoms with Crippen molar-refractivity contribution >= 4 is 16.3 Å². The first-order valence-corrected chi connectivity index (χ1v) is 7.66. The van der Waals surface area contributed by atoms with Crippen LogP contribution in [0.3, 0.4) is 0 Å². The van der Waals surface area contributed by atoms with Gasteiger partial charge in [0.15, 0.2) is 4.96 Å². The topological polar surface area (TPSA) is 38.6 Å². The molecule has 0 radical (unpaired) electrons. The number of nitrogens with zero attached hydrogens (tertiary/aromatic N) is 2. The first kappa shape index (κ1) is 14.0. The van der Waals surface area contributed by atoms with Crippen LogP contribution in [0.25, 0.3) is 4.96 Å². The van der Waals surface area contributed by atoms with Crippen LogP contribution in [-0.2, 0) is 6.54 Å². The number of rotatable bonds is 5. The van der Waals surface area contributed by atoms with Crippen molar-refractivity contribution in [2.75, 3.05) is 6.54 Å². The Kier molecular flexibility index (Phi) is 3.90. The Morgan fingerprint density at radius 3 is 3.05 bits per heavy atom. The van der Waals surface area contributed by atoms with Gasteiger partial charge in [0.1, 0.15) is 17.3 Å². The number of nitrogens with one attached hydrogen (secondary N) is 1. The molecule has 0 saturated carbocycles. The van der Waals surface area contributed by atoms with Gasteiger partial charge in [-0.05, 0) is 25.1 Å². The first-order valence-electron chi connectivity index (χ1n) is 6.78. The molecule has 3 aromatic rings. The van der Waals surface area contributed by atoms with Crippen molar-refractivity contribution in [1.82, 2.24) is 14.7 Å². The lowest BCUT2D eigenvalue weighted by Crippen LogP contribution is -2.13. The van der Waals surface area contributed by atoms with E-state index < -0.39 is 0 Å². The van der Waals surface area contributed by atoms with Gasteiger partial charge in [-0.1, -0.05) is 13.0 Å². The maximum Gasteiger partial charge on any atom is 0.243 e. The fourth-order valence-electron chi connectivity index (χ4n) is 2.05. The van der Waals surface area contributed by atoms with Gasteiger partial charge in [-0.25, -0.2) is 4.39 Å². The van der Waals surface area contributed by atoms with E-state index in [1.165, 1.54) is 6.07 Å². The average Bonchev–Trinajstić information content (AvgIpc) is 3.02. The van der Waals surface area contributed by atoms with Gasteiger partial charge >= 0.3 is 0 Å². The fraction of sp³-hybridized carbons (Fsp3) is 0.267. The summed E-state index contributed by atoms with van der Waals surface area (Å²) in [6, 6.07) is 4.84. The lowest BCUT2D eigenvalue weighted by molar-refractivity contribution is 0.451. The van der Waals surface area contributed by atoms with E-state index in [1.54, 1.807) is 30.4 Å². The van der Waals surface area contributed by atoms with Crippen LogP contribution in [0.5, 0.6) is 11.6 Å². The molecule has 0 spiro atoms. The minimum atomic E-state index is -0.276. The third-order valence-electron chi connectivity index (χ3n) is 3.22. The van der Waals surface area contributed by atoms with E-state index in [0.717, 1.165) is 17.2 Å². The summed E-state index contributed by atoms with van der Waals surface area (Å²) < 4.78 is 21.4. The standard InChI is InChI=1S/C15H16FN3OS/c1-3-17-9-13-14(18-15-19(13)6-7-21-15)20-11-5-4-10(2)12(16)8-11/h4-8,17H,3,9H2,1-2H3. The molecule has 0 bridgehead atoms. The zero-order valence-electron chi connectivity index (χ0n) is 11.9. The summed E-state index contributed by atoms with van der Waals surface area (Å²) in [5.74, 6) is 0.703. The molecule has 110 valence electrons. The van der Waals surface area contributed by atoms with Crippen molar-refractivity contribution in [3.8, 4) is 11.6 Å². The summed E-state index contributed by atoms with van der Waals surface area (Å²) in [6.45, 7) is 5.28. The minimum Gasteiger partial charge on any atom is -0.437 e. The van der Waals surface area contributed by atoms with Crippen molar-refractivity contribution < 1.29 is 9.13 Å². The molecular formula is C15H16FN3OS. The van der Waals surface area contributed by atoms with E-state index in [-0.39, 0.29) is 5.82 Å². The number of hydrogen-bond acceptors (Lipinski definition) is 4. The van der Waals surface area contributed by atoms with Crippen molar-refractivity contribution in [2.24, 2.45) is 0 Å². The highest BCUT2D eigenvalue weighted by Gasteiger charge is 2.15. The first-order chi connectivity index (χ1) is 10.2. The van der Waals surface area contributed by atoms with Gasteiger partial charge in [-0.15, -0.1) is 11.3 Å². The molecule has 3 rings (SSSR count). The number of ether oxygens (including phenoxy) is 1. The molecule has 2 heterocycles. The summed E-state index contributed by atoms with van der Waals surface area (Å²) >= 11 is 1.54. The molecule has 0 aliphatic rings. The monoisotopic (exact) mass is 305 g/mol. The van der Waals surface area contributed by atoms with Gasteiger partial charge in [0.05, 0.1) is 0 Å². The Bertz CT molecular complexity index is 765. The molecule has 6 heteroatoms. The van der Waals surface area contributed by atoms with Gasteiger partial charge in [-0.2, -0.15) is 4.98 Å². The van der Waals surface area contributed by atoms with Crippen molar-refractivity contribution in [3.63, 3.8) is 0 Å². The fourth-order valence-corrected chi connectivity index (χ4v) is 2.77. The molecule has 1 aromatic carbocycles. The number of thiazole rings is 1. The number of halogens is 1. The Morgan fingerprint density at radius 1 is 1.43 bits per heavy atom. The third-order valence-corrected chi connectivity index (χ3v) is 3.98. The van der Waals surface area contributed by atoms with Crippen LogP contribution in [-0.4, -0.2) is 15.9 Å². The van der Waals surface area contributed by atoms with Crippen LogP contribution in [0.4, 0.5) is 4.39 Å². The van der Waals surface area contributed by atoms with Crippen LogP contribution in [0.2, 0.25) is 0 Å². The van der Waals surface area contributed by atoms with Gasteiger partial charge in [0.25, 0.3) is 0 Å². The Labute approximate surface area is 126 Å². The van der Waals surface area contributed by atoms with Gasteiger partial charge in [-0.3, -0.25) is 4.40 Å². The smallest absolute Gasteiger partial charge is 0.243 e. The second-order valence-corrected chi connectivity index (χ2v) is 5.59. The molecule has 0 saturated heterocycles. The highest BCUT2D eigenvalue weighted by atomic mass is 32.1. The SMILES string of the molecule is CCNCc1c(Oc2ccc(C)c(F)c2)nc2sccn12. The average molecular weight is 305 g/mol. The summed E-state index contributed by atoms with van der Waals surface area (Å²) in [5, 5.41) is 5.25. The second-order valence-electron chi connectivity index (χ2n) is 4.71. The molecule has 0 aliphatic heterocycles. The van der Waals surface area contributed by atoms with E-state index >= 15 is 0 Å². The summed E-state index contributed by atoms with van der Waals surface area (Å²) in [5.41, 5.74) is 1.54. The zero-order valence-corrected chi connectivity index (χ0v) is 12.7. The molecular weight excluding hydrogens is 289 g/mol. The van der Waals surface area contributed by atoms with Gasteiger partial charge < -0.3 is 10.1 Å². The maximum atomic E-state index is 13.6. The quantitative estimate of drug-likeness (QED) is 0.780. The number of imidazole rings is 1. The molecule has 0 amide bonds. The second kappa shape index (κ2) is 5.83. The number of aryl methyl sites for hydroxylation is 1. The molecule has 4 nitrogen and oxygen atoms in total. The van der Waals surface area contributed by atoms with E-state index in [2.05, 4.69) is 10.3 Å². The molecule has 21 heavy (non-hydrogen) atoms. The van der Waals surface area contributed by atoms with Crippen LogP contribution in [0, 0.1) is 12.7 Å². The van der Waals surface area contributed by atoms with E-state index in [0.29, 0.717) is 23.7 Å². The highest BCUT2D eigenvalue weighted by molar-refractivity contribution is 7.15. The number of hydrogen-bond donors (Lipinski definition) is 1. The zero-order chi connectivity index (χ0) is 14.8. The Morgan fingerprint density at radius 2 is 2.29 bits per heavy atom. The molecule has 0 fully saturated rings. The van der Waals surface area contributed by atoms with Crippen molar-refractivity contribution in [1.29, 1.82) is 0 Å². The largest absolute Gasteiger partial charge is 0.437 e. The maximum absolute atomic E-state index is 13.6. The van der Waals surface area contributed by atoms with E-state index in [4.69, 9.17) is 4.74 Å². The van der Waals surface area contributed by atoms with Gasteiger partial charge in [0.2, 0.25) is 5.88 Å². The lowest BCUT2D eigenvalue weighted by Gasteiger charge is -2.07. The third kappa shape index (κ3) is 2.77. The summed E-state index contributed by atoms with van der Waals surface area (Å²) in [4.78, 5) is 5.34. The molecule has 1 N–H and O–H groups in total. The van der Waals surface area contributed by atoms with Crippen molar-refractivity contribution in [2.45, 2.75) is 20.4 Å². The predicted octanol–water partition coefficient (Wildman–Crippen LogP) is 3.75. The lowest BCUT2D eigenvalue weighted by atomic mass is 10.2. The molecule has 0 unspecified atom stereocenters. The minimum absolute atomic E-state index is 0.276. The summed E-state index contributed by atoms with van der Waals surface area (Å²) in [7, 11) is 0. The highest BCUT2D eigenvalue weighted by Crippen LogP contribution is 2.28. The Balaban J connectivity index is 1.94.